The van der Waals surface area contributed by atoms with Crippen LogP contribution in [0.5, 0.6) is 0 Å². The van der Waals surface area contributed by atoms with Crippen molar-refractivity contribution in [2.75, 3.05) is 26.8 Å². The van der Waals surface area contributed by atoms with Gasteiger partial charge in [-0.15, -0.1) is 0 Å². The lowest BCUT2D eigenvalue weighted by Crippen LogP contribution is -2.37. The van der Waals surface area contributed by atoms with Crippen LogP contribution in [0.1, 0.15) is 25.0 Å². The Morgan fingerprint density at radius 3 is 2.35 bits per heavy atom. The van der Waals surface area contributed by atoms with Crippen LogP contribution in [-0.4, -0.2) is 37.6 Å². The van der Waals surface area contributed by atoms with Crippen LogP contribution in [0.25, 0.3) is 0 Å². The fourth-order valence-corrected chi connectivity index (χ4v) is 2.04. The molecular formula is C16H26N2O2. The van der Waals surface area contributed by atoms with E-state index in [2.05, 4.69) is 13.8 Å². The SMILES string of the molecule is COCCN(CC(C)C)C(=O)Cc1ccc(CN)cc1. The summed E-state index contributed by atoms with van der Waals surface area (Å²) in [5, 5.41) is 0. The Balaban J connectivity index is 2.63. The number of nitrogens with two attached hydrogens (primary N) is 1. The Bertz CT molecular complexity index is 401. The van der Waals surface area contributed by atoms with E-state index in [0.29, 0.717) is 32.0 Å². The standard InChI is InChI=1S/C16H26N2O2/c1-13(2)12-18(8-9-20-3)16(19)10-14-4-6-15(11-17)7-5-14/h4-7,13H,8-12,17H2,1-3H3. The molecule has 0 radical (unpaired) electrons. The lowest BCUT2D eigenvalue weighted by Gasteiger charge is -2.24. The van der Waals surface area contributed by atoms with Crippen LogP contribution in [0.15, 0.2) is 24.3 Å². The van der Waals surface area contributed by atoms with Crippen molar-refractivity contribution in [1.29, 1.82) is 0 Å². The lowest BCUT2D eigenvalue weighted by molar-refractivity contribution is -0.131. The van der Waals surface area contributed by atoms with Crippen LogP contribution in [0.3, 0.4) is 0 Å². The topological polar surface area (TPSA) is 55.6 Å². The molecule has 0 saturated carbocycles. The molecule has 112 valence electrons. The fourth-order valence-electron chi connectivity index (χ4n) is 2.04. The van der Waals surface area contributed by atoms with Gasteiger partial charge in [0.1, 0.15) is 0 Å². The molecule has 0 aromatic heterocycles. The second-order valence-corrected chi connectivity index (χ2v) is 5.42. The molecule has 0 atom stereocenters. The van der Waals surface area contributed by atoms with Gasteiger partial charge in [0.2, 0.25) is 5.91 Å². The quantitative estimate of drug-likeness (QED) is 0.789. The summed E-state index contributed by atoms with van der Waals surface area (Å²) in [6, 6.07) is 7.91. The zero-order valence-electron chi connectivity index (χ0n) is 12.8. The van der Waals surface area contributed by atoms with Crippen LogP contribution < -0.4 is 5.73 Å². The molecule has 1 aromatic rings. The molecule has 2 N–H and O–H groups in total. The molecule has 0 saturated heterocycles. The summed E-state index contributed by atoms with van der Waals surface area (Å²) in [6.45, 7) is 6.75. The average molecular weight is 278 g/mol. The first-order valence-corrected chi connectivity index (χ1v) is 7.11. The first-order chi connectivity index (χ1) is 9.56. The van der Waals surface area contributed by atoms with Gasteiger partial charge in [0.25, 0.3) is 0 Å². The van der Waals surface area contributed by atoms with E-state index in [1.54, 1.807) is 7.11 Å². The van der Waals surface area contributed by atoms with Gasteiger partial charge in [-0.05, 0) is 17.0 Å². The Morgan fingerprint density at radius 1 is 1.25 bits per heavy atom. The summed E-state index contributed by atoms with van der Waals surface area (Å²) in [7, 11) is 1.66. The molecule has 0 spiro atoms. The molecule has 0 fully saturated rings. The van der Waals surface area contributed by atoms with Crippen LogP contribution in [-0.2, 0) is 22.5 Å². The van der Waals surface area contributed by atoms with Crippen molar-refractivity contribution in [2.24, 2.45) is 11.7 Å². The van der Waals surface area contributed by atoms with Gasteiger partial charge in [0.05, 0.1) is 13.0 Å². The van der Waals surface area contributed by atoms with Crippen molar-refractivity contribution >= 4 is 5.91 Å². The van der Waals surface area contributed by atoms with Crippen molar-refractivity contribution in [3.05, 3.63) is 35.4 Å². The summed E-state index contributed by atoms with van der Waals surface area (Å²) < 4.78 is 5.08. The van der Waals surface area contributed by atoms with Crippen LogP contribution in [0.2, 0.25) is 0 Å². The number of methoxy groups -OCH3 is 1. The number of hydrogen-bond donors (Lipinski definition) is 1. The zero-order chi connectivity index (χ0) is 15.0. The third kappa shape index (κ3) is 5.72. The third-order valence-corrected chi connectivity index (χ3v) is 3.12. The van der Waals surface area contributed by atoms with E-state index in [9.17, 15) is 4.79 Å². The largest absolute Gasteiger partial charge is 0.383 e. The normalized spacial score (nSPS) is 10.8. The summed E-state index contributed by atoms with van der Waals surface area (Å²) in [4.78, 5) is 14.2. The maximum atomic E-state index is 12.4. The molecule has 0 heterocycles. The summed E-state index contributed by atoms with van der Waals surface area (Å²) in [5.41, 5.74) is 7.68. The molecule has 0 aliphatic heterocycles. The fraction of sp³-hybridized carbons (Fsp3) is 0.562. The number of hydrogen-bond acceptors (Lipinski definition) is 3. The first-order valence-electron chi connectivity index (χ1n) is 7.11. The molecule has 0 unspecified atom stereocenters. The highest BCUT2D eigenvalue weighted by Gasteiger charge is 2.15. The summed E-state index contributed by atoms with van der Waals surface area (Å²) in [6.07, 6.45) is 0.432. The predicted molar refractivity (Wildman–Crippen MR) is 81.3 cm³/mol. The number of amides is 1. The second kappa shape index (κ2) is 8.72. The number of benzene rings is 1. The molecule has 4 nitrogen and oxygen atoms in total. The Hall–Kier alpha value is -1.39. The average Bonchev–Trinajstić information content (AvgIpc) is 2.43. The van der Waals surface area contributed by atoms with Gasteiger partial charge in [-0.2, -0.15) is 0 Å². The first kappa shape index (κ1) is 16.7. The Labute approximate surface area is 121 Å². The molecule has 0 aliphatic carbocycles. The number of rotatable bonds is 8. The Morgan fingerprint density at radius 2 is 1.85 bits per heavy atom. The number of nitrogens with zero attached hydrogens (tertiary/aromatic N) is 1. The van der Waals surface area contributed by atoms with Gasteiger partial charge in [-0.25, -0.2) is 0 Å². The summed E-state index contributed by atoms with van der Waals surface area (Å²) >= 11 is 0. The monoisotopic (exact) mass is 278 g/mol. The maximum Gasteiger partial charge on any atom is 0.227 e. The van der Waals surface area contributed by atoms with Gasteiger partial charge in [-0.1, -0.05) is 38.1 Å². The van der Waals surface area contributed by atoms with Crippen LogP contribution in [0.4, 0.5) is 0 Å². The van der Waals surface area contributed by atoms with Gasteiger partial charge < -0.3 is 15.4 Å². The van der Waals surface area contributed by atoms with E-state index in [-0.39, 0.29) is 5.91 Å². The van der Waals surface area contributed by atoms with Crippen molar-refractivity contribution in [3.63, 3.8) is 0 Å². The van der Waals surface area contributed by atoms with Crippen molar-refractivity contribution in [1.82, 2.24) is 4.90 Å². The Kier molecular flexibility index (Phi) is 7.26. The molecular weight excluding hydrogens is 252 g/mol. The maximum absolute atomic E-state index is 12.4. The van der Waals surface area contributed by atoms with Crippen molar-refractivity contribution in [2.45, 2.75) is 26.8 Å². The van der Waals surface area contributed by atoms with E-state index in [1.807, 2.05) is 29.2 Å². The number of carbonyl (C=O) groups excluding carboxylic acids is 1. The molecule has 0 aliphatic rings. The summed E-state index contributed by atoms with van der Waals surface area (Å²) in [5.74, 6) is 0.603. The van der Waals surface area contributed by atoms with E-state index in [0.717, 1.165) is 17.7 Å². The minimum absolute atomic E-state index is 0.149. The smallest absolute Gasteiger partial charge is 0.227 e. The predicted octanol–water partition coefficient (Wildman–Crippen LogP) is 1.82. The number of ether oxygens (including phenoxy) is 1. The molecule has 0 bridgehead atoms. The van der Waals surface area contributed by atoms with E-state index >= 15 is 0 Å². The highest BCUT2D eigenvalue weighted by Crippen LogP contribution is 2.08. The minimum Gasteiger partial charge on any atom is -0.383 e. The van der Waals surface area contributed by atoms with E-state index in [1.165, 1.54) is 0 Å². The van der Waals surface area contributed by atoms with Gasteiger partial charge in [0, 0.05) is 26.7 Å². The molecule has 1 rings (SSSR count). The molecule has 20 heavy (non-hydrogen) atoms. The van der Waals surface area contributed by atoms with E-state index in [4.69, 9.17) is 10.5 Å². The number of carbonyl (C=O) groups is 1. The lowest BCUT2D eigenvalue weighted by atomic mass is 10.1. The van der Waals surface area contributed by atoms with Crippen LogP contribution >= 0.6 is 0 Å². The van der Waals surface area contributed by atoms with Crippen molar-refractivity contribution < 1.29 is 9.53 Å². The molecule has 4 heteroatoms. The van der Waals surface area contributed by atoms with Gasteiger partial charge >= 0.3 is 0 Å². The van der Waals surface area contributed by atoms with Crippen molar-refractivity contribution in [3.8, 4) is 0 Å². The van der Waals surface area contributed by atoms with E-state index < -0.39 is 0 Å². The highest BCUT2D eigenvalue weighted by molar-refractivity contribution is 5.78. The second-order valence-electron chi connectivity index (χ2n) is 5.42. The highest BCUT2D eigenvalue weighted by atomic mass is 16.5. The zero-order valence-corrected chi connectivity index (χ0v) is 12.8. The van der Waals surface area contributed by atoms with Gasteiger partial charge in [-0.3, -0.25) is 4.79 Å². The minimum atomic E-state index is 0.149. The van der Waals surface area contributed by atoms with Crippen LogP contribution in [0, 0.1) is 5.92 Å². The molecule has 1 amide bonds. The third-order valence-electron chi connectivity index (χ3n) is 3.12. The molecule has 1 aromatic carbocycles. The van der Waals surface area contributed by atoms with Gasteiger partial charge in [0.15, 0.2) is 0 Å².